The van der Waals surface area contributed by atoms with Gasteiger partial charge in [0.2, 0.25) is 0 Å². The molecule has 1 aliphatic carbocycles. The Hall–Kier alpha value is 0.400. The van der Waals surface area contributed by atoms with Crippen molar-refractivity contribution in [2.45, 2.75) is 17.4 Å². The third kappa shape index (κ3) is 1.45. The van der Waals surface area contributed by atoms with Gasteiger partial charge in [-0.1, -0.05) is 15.9 Å². The summed E-state index contributed by atoms with van der Waals surface area (Å²) in [6.45, 7) is 0.0831. The summed E-state index contributed by atoms with van der Waals surface area (Å²) in [5, 5.41) is 17.9. The number of hydrogen-bond acceptors (Lipinski definition) is 2. The molecule has 3 heteroatoms. The molecule has 1 fully saturated rings. The molecule has 53 valence electrons. The molecule has 3 atom stereocenters. The highest BCUT2D eigenvalue weighted by atomic mass is 79.9. The number of aliphatic hydroxyl groups excluding tert-OH is 2. The maximum Gasteiger partial charge on any atom is 0.0718 e. The smallest absolute Gasteiger partial charge is 0.0718 e. The van der Waals surface area contributed by atoms with Gasteiger partial charge in [-0.2, -0.15) is 0 Å². The van der Waals surface area contributed by atoms with Crippen LogP contribution in [0.15, 0.2) is 0 Å². The SMILES string of the molecule is OCC1C[CH]C(Br)C1O. The number of hydrogen-bond donors (Lipinski definition) is 2. The fraction of sp³-hybridized carbons (Fsp3) is 0.833. The van der Waals surface area contributed by atoms with Gasteiger partial charge in [0.15, 0.2) is 0 Å². The molecule has 0 aliphatic heterocycles. The van der Waals surface area contributed by atoms with Gasteiger partial charge in [-0.3, -0.25) is 0 Å². The van der Waals surface area contributed by atoms with Crippen LogP contribution in [0.4, 0.5) is 0 Å². The highest BCUT2D eigenvalue weighted by molar-refractivity contribution is 9.09. The van der Waals surface area contributed by atoms with Gasteiger partial charge >= 0.3 is 0 Å². The first-order chi connectivity index (χ1) is 4.25. The van der Waals surface area contributed by atoms with Crippen molar-refractivity contribution < 1.29 is 10.2 Å². The minimum Gasteiger partial charge on any atom is -0.396 e. The van der Waals surface area contributed by atoms with Gasteiger partial charge in [0.25, 0.3) is 0 Å². The van der Waals surface area contributed by atoms with E-state index in [2.05, 4.69) is 15.9 Å². The molecule has 0 aromatic carbocycles. The van der Waals surface area contributed by atoms with Crippen molar-refractivity contribution in [1.29, 1.82) is 0 Å². The predicted molar refractivity (Wildman–Crippen MR) is 38.2 cm³/mol. The Labute approximate surface area is 63.0 Å². The van der Waals surface area contributed by atoms with Crippen molar-refractivity contribution in [3.63, 3.8) is 0 Å². The van der Waals surface area contributed by atoms with Crippen molar-refractivity contribution in [2.75, 3.05) is 6.61 Å². The summed E-state index contributed by atoms with van der Waals surface area (Å²) in [6.07, 6.45) is 2.40. The lowest BCUT2D eigenvalue weighted by molar-refractivity contribution is 0.0948. The van der Waals surface area contributed by atoms with E-state index in [1.165, 1.54) is 0 Å². The van der Waals surface area contributed by atoms with E-state index in [-0.39, 0.29) is 17.4 Å². The van der Waals surface area contributed by atoms with Gasteiger partial charge in [-0.25, -0.2) is 0 Å². The molecule has 0 spiro atoms. The molecule has 0 heterocycles. The van der Waals surface area contributed by atoms with Crippen LogP contribution in [0.25, 0.3) is 0 Å². The van der Waals surface area contributed by atoms with Crippen LogP contribution in [0.2, 0.25) is 0 Å². The van der Waals surface area contributed by atoms with E-state index in [4.69, 9.17) is 5.11 Å². The topological polar surface area (TPSA) is 40.5 Å². The summed E-state index contributed by atoms with van der Waals surface area (Å²) < 4.78 is 0. The first kappa shape index (κ1) is 7.51. The Bertz CT molecular complexity index is 97.1. The molecule has 0 bridgehead atoms. The molecule has 2 nitrogen and oxygen atoms in total. The van der Waals surface area contributed by atoms with Crippen molar-refractivity contribution in [3.05, 3.63) is 6.42 Å². The van der Waals surface area contributed by atoms with Crippen LogP contribution in [0, 0.1) is 12.3 Å². The molecule has 0 aromatic heterocycles. The van der Waals surface area contributed by atoms with Crippen LogP contribution in [0.5, 0.6) is 0 Å². The Kier molecular flexibility index (Phi) is 2.50. The molecule has 0 aromatic rings. The van der Waals surface area contributed by atoms with Crippen LogP contribution >= 0.6 is 15.9 Å². The zero-order valence-corrected chi connectivity index (χ0v) is 6.58. The lowest BCUT2D eigenvalue weighted by Gasteiger charge is -2.11. The Balaban J connectivity index is 2.41. The molecular weight excluding hydrogens is 184 g/mol. The summed E-state index contributed by atoms with van der Waals surface area (Å²) in [5.41, 5.74) is 0. The average Bonchev–Trinajstić information content (AvgIpc) is 2.15. The summed E-state index contributed by atoms with van der Waals surface area (Å²) in [4.78, 5) is 0.0784. The minimum atomic E-state index is -0.394. The molecule has 1 saturated carbocycles. The van der Waals surface area contributed by atoms with Crippen LogP contribution in [0.1, 0.15) is 6.42 Å². The largest absolute Gasteiger partial charge is 0.396 e. The fourth-order valence-electron chi connectivity index (χ4n) is 1.03. The normalized spacial score (nSPS) is 43.7. The fourth-order valence-corrected chi connectivity index (χ4v) is 1.67. The second-order valence-corrected chi connectivity index (χ2v) is 3.41. The number of halogens is 1. The van der Waals surface area contributed by atoms with Crippen molar-refractivity contribution in [2.24, 2.45) is 5.92 Å². The Morgan fingerprint density at radius 2 is 2.33 bits per heavy atom. The van der Waals surface area contributed by atoms with E-state index < -0.39 is 6.10 Å². The van der Waals surface area contributed by atoms with Crippen LogP contribution in [-0.2, 0) is 0 Å². The van der Waals surface area contributed by atoms with Gasteiger partial charge in [0, 0.05) is 17.4 Å². The van der Waals surface area contributed by atoms with Crippen molar-refractivity contribution in [1.82, 2.24) is 0 Å². The molecule has 2 N–H and O–H groups in total. The van der Waals surface area contributed by atoms with Crippen molar-refractivity contribution in [3.8, 4) is 0 Å². The van der Waals surface area contributed by atoms with Crippen LogP contribution in [-0.4, -0.2) is 27.8 Å². The van der Waals surface area contributed by atoms with Gasteiger partial charge in [-0.05, 0) is 12.8 Å². The highest BCUT2D eigenvalue weighted by Gasteiger charge is 2.32. The van der Waals surface area contributed by atoms with Gasteiger partial charge in [-0.15, -0.1) is 0 Å². The van der Waals surface area contributed by atoms with E-state index >= 15 is 0 Å². The summed E-state index contributed by atoms with van der Waals surface area (Å²) >= 11 is 3.27. The molecule has 1 radical (unpaired) electrons. The maximum absolute atomic E-state index is 9.22. The molecule has 0 saturated heterocycles. The maximum atomic E-state index is 9.22. The molecule has 3 unspecified atom stereocenters. The second kappa shape index (κ2) is 2.99. The Morgan fingerprint density at radius 3 is 2.56 bits per heavy atom. The predicted octanol–water partition coefficient (Wildman–Crippen LogP) is 0.327. The molecule has 1 rings (SSSR count). The lowest BCUT2D eigenvalue weighted by atomic mass is 10.1. The van der Waals surface area contributed by atoms with E-state index in [0.29, 0.717) is 0 Å². The first-order valence-corrected chi connectivity index (χ1v) is 3.93. The number of alkyl halides is 1. The van der Waals surface area contributed by atoms with E-state index in [0.717, 1.165) is 6.42 Å². The Morgan fingerprint density at radius 1 is 1.67 bits per heavy atom. The number of aliphatic hydroxyl groups is 2. The van der Waals surface area contributed by atoms with E-state index in [9.17, 15) is 5.11 Å². The highest BCUT2D eigenvalue weighted by Crippen LogP contribution is 2.29. The van der Waals surface area contributed by atoms with Crippen LogP contribution < -0.4 is 0 Å². The summed E-state index contributed by atoms with van der Waals surface area (Å²) in [6, 6.07) is 0. The van der Waals surface area contributed by atoms with Crippen molar-refractivity contribution >= 4 is 15.9 Å². The third-order valence-corrected chi connectivity index (χ3v) is 2.62. The zero-order valence-electron chi connectivity index (χ0n) is 5.00. The van der Waals surface area contributed by atoms with Gasteiger partial charge in [0.05, 0.1) is 6.10 Å². The van der Waals surface area contributed by atoms with E-state index in [1.54, 1.807) is 0 Å². The first-order valence-electron chi connectivity index (χ1n) is 3.02. The van der Waals surface area contributed by atoms with Gasteiger partial charge in [0.1, 0.15) is 0 Å². The van der Waals surface area contributed by atoms with Crippen LogP contribution in [0.3, 0.4) is 0 Å². The average molecular weight is 194 g/mol. The molecule has 0 amide bonds. The minimum absolute atomic E-state index is 0.0503. The summed E-state index contributed by atoms with van der Waals surface area (Å²) in [7, 11) is 0. The third-order valence-electron chi connectivity index (χ3n) is 1.71. The zero-order chi connectivity index (χ0) is 6.85. The second-order valence-electron chi connectivity index (χ2n) is 2.35. The molecular formula is C6H10BrO2. The van der Waals surface area contributed by atoms with E-state index in [1.807, 2.05) is 6.42 Å². The lowest BCUT2D eigenvalue weighted by Crippen LogP contribution is -2.23. The molecule has 1 aliphatic rings. The van der Waals surface area contributed by atoms with Gasteiger partial charge < -0.3 is 10.2 Å². The molecule has 9 heavy (non-hydrogen) atoms. The number of rotatable bonds is 1. The quantitative estimate of drug-likeness (QED) is 0.590. The summed E-state index contributed by atoms with van der Waals surface area (Å²) in [5.74, 6) is 0.0503. The monoisotopic (exact) mass is 193 g/mol. The standard InChI is InChI=1S/C6H10BrO2/c7-5-2-1-4(3-8)6(5)9/h2,4-6,8-9H,1,3H2.